The quantitative estimate of drug-likeness (QED) is 0.894. The van der Waals surface area contributed by atoms with Gasteiger partial charge >= 0.3 is 0 Å². The van der Waals surface area contributed by atoms with Gasteiger partial charge in [-0.25, -0.2) is 4.39 Å². The van der Waals surface area contributed by atoms with Gasteiger partial charge in [-0.1, -0.05) is 30.3 Å². The van der Waals surface area contributed by atoms with Crippen LogP contribution in [0.4, 0.5) is 4.39 Å². The summed E-state index contributed by atoms with van der Waals surface area (Å²) in [5.74, 6) is -0.243. The number of rotatable bonds is 2. The van der Waals surface area contributed by atoms with Gasteiger partial charge in [-0.15, -0.1) is 0 Å². The molecule has 0 radical (unpaired) electrons. The predicted octanol–water partition coefficient (Wildman–Crippen LogP) is 2.79. The molecule has 2 aromatic rings. The Labute approximate surface area is 128 Å². The van der Waals surface area contributed by atoms with E-state index in [1.807, 2.05) is 30.5 Å². The Morgan fingerprint density at radius 2 is 1.91 bits per heavy atom. The second-order valence-electron chi connectivity index (χ2n) is 5.85. The maximum atomic E-state index is 13.1. The van der Waals surface area contributed by atoms with E-state index in [0.29, 0.717) is 6.42 Å². The third-order valence-electron chi connectivity index (χ3n) is 4.55. The number of halogens is 1. The molecule has 0 aliphatic carbocycles. The Balaban J connectivity index is 1.75. The molecule has 2 aliphatic heterocycles. The van der Waals surface area contributed by atoms with Crippen LogP contribution < -0.4 is 5.32 Å². The van der Waals surface area contributed by atoms with Crippen molar-refractivity contribution in [3.63, 3.8) is 0 Å². The van der Waals surface area contributed by atoms with Crippen molar-refractivity contribution in [2.75, 3.05) is 13.2 Å². The summed E-state index contributed by atoms with van der Waals surface area (Å²) < 4.78 is 13.1. The van der Waals surface area contributed by atoms with Crippen molar-refractivity contribution >= 4 is 0 Å². The van der Waals surface area contributed by atoms with Crippen LogP contribution in [0, 0.1) is 5.82 Å². The van der Waals surface area contributed by atoms with Crippen molar-refractivity contribution in [2.45, 2.75) is 12.0 Å². The van der Waals surface area contributed by atoms with Crippen LogP contribution in [-0.4, -0.2) is 23.2 Å². The number of hydrogen-bond donors (Lipinski definition) is 2. The molecule has 1 fully saturated rings. The van der Waals surface area contributed by atoms with Gasteiger partial charge in [-0.05, 0) is 34.9 Å². The third-order valence-corrected chi connectivity index (χ3v) is 4.55. The highest BCUT2D eigenvalue weighted by molar-refractivity contribution is 5.64. The van der Waals surface area contributed by atoms with Crippen LogP contribution in [0.1, 0.15) is 12.0 Å². The minimum absolute atomic E-state index is 0.243. The van der Waals surface area contributed by atoms with Crippen LogP contribution in [-0.2, 0) is 5.60 Å². The van der Waals surface area contributed by atoms with Crippen LogP contribution in [0.3, 0.4) is 0 Å². The number of benzene rings is 2. The molecule has 1 saturated heterocycles. The molecular weight excluding hydrogens is 279 g/mol. The molecule has 22 heavy (non-hydrogen) atoms. The van der Waals surface area contributed by atoms with E-state index in [-0.39, 0.29) is 5.82 Å². The first kappa shape index (κ1) is 13.3. The Kier molecular flexibility index (Phi) is 2.94. The summed E-state index contributed by atoms with van der Waals surface area (Å²) in [7, 11) is 0. The second-order valence-corrected chi connectivity index (χ2v) is 5.85. The molecule has 0 amide bonds. The zero-order chi connectivity index (χ0) is 15.2. The lowest BCUT2D eigenvalue weighted by molar-refractivity contribution is 0.0815. The van der Waals surface area contributed by atoms with Crippen molar-refractivity contribution in [1.29, 1.82) is 0 Å². The average Bonchev–Trinajstić information content (AvgIpc) is 3.13. The molecule has 2 N–H and O–H groups in total. The van der Waals surface area contributed by atoms with Crippen molar-refractivity contribution in [2.24, 2.45) is 0 Å². The van der Waals surface area contributed by atoms with Crippen molar-refractivity contribution in [3.8, 4) is 11.1 Å². The Hall–Kier alpha value is -2.33. The lowest BCUT2D eigenvalue weighted by Crippen LogP contribution is -2.26. The highest BCUT2D eigenvalue weighted by Crippen LogP contribution is 2.42. The van der Waals surface area contributed by atoms with Gasteiger partial charge in [0.25, 0.3) is 0 Å². The van der Waals surface area contributed by atoms with Crippen LogP contribution in [0.2, 0.25) is 0 Å². The molecule has 0 bridgehead atoms. The average molecular weight is 296 g/mol. The summed E-state index contributed by atoms with van der Waals surface area (Å²) >= 11 is 0. The van der Waals surface area contributed by atoms with Gasteiger partial charge in [-0.2, -0.15) is 0 Å². The smallest absolute Gasteiger partial charge is 0.132 e. The molecule has 2 heterocycles. The summed E-state index contributed by atoms with van der Waals surface area (Å²) in [6.45, 7) is 1.60. The maximum absolute atomic E-state index is 13.1. The molecule has 0 saturated carbocycles. The Bertz CT molecular complexity index is 741. The first-order valence-corrected chi connectivity index (χ1v) is 7.45. The van der Waals surface area contributed by atoms with Crippen LogP contribution in [0.5, 0.6) is 0 Å². The normalized spacial score (nSPS) is 23.2. The van der Waals surface area contributed by atoms with Gasteiger partial charge in [0.2, 0.25) is 0 Å². The zero-order valence-electron chi connectivity index (χ0n) is 12.1. The predicted molar refractivity (Wildman–Crippen MR) is 83.1 cm³/mol. The van der Waals surface area contributed by atoms with Crippen molar-refractivity contribution in [3.05, 3.63) is 71.8 Å². The van der Waals surface area contributed by atoms with E-state index in [0.717, 1.165) is 35.6 Å². The standard InChI is InChI=1S/C18H17FN2O/c19-16-6-4-13(5-7-16)14-2-1-3-15(10-14)18(22)8-9-21-12-20-11-17(18)21/h1-7,10-11,20,22H,8-9,12H2. The number of aliphatic hydroxyl groups is 1. The monoisotopic (exact) mass is 296 g/mol. The lowest BCUT2D eigenvalue weighted by atomic mass is 9.88. The van der Waals surface area contributed by atoms with E-state index in [1.165, 1.54) is 12.1 Å². The van der Waals surface area contributed by atoms with Gasteiger partial charge in [-0.3, -0.25) is 0 Å². The number of fused-ring (bicyclic) bond motifs is 1. The molecule has 2 aliphatic rings. The van der Waals surface area contributed by atoms with E-state index in [2.05, 4.69) is 10.2 Å². The summed E-state index contributed by atoms with van der Waals surface area (Å²) in [6, 6.07) is 14.3. The summed E-state index contributed by atoms with van der Waals surface area (Å²) in [6.07, 6.45) is 2.59. The number of nitrogens with one attached hydrogen (secondary N) is 1. The fourth-order valence-electron chi connectivity index (χ4n) is 3.32. The molecular formula is C18H17FN2O. The van der Waals surface area contributed by atoms with E-state index in [9.17, 15) is 9.50 Å². The molecule has 4 rings (SSSR count). The topological polar surface area (TPSA) is 35.5 Å². The molecule has 2 aromatic carbocycles. The highest BCUT2D eigenvalue weighted by Gasteiger charge is 2.44. The Morgan fingerprint density at radius 1 is 1.09 bits per heavy atom. The SMILES string of the molecule is OC1(c2cccc(-c3ccc(F)cc3)c2)CCN2CNC=C21. The Morgan fingerprint density at radius 3 is 2.73 bits per heavy atom. The molecule has 1 unspecified atom stereocenters. The van der Waals surface area contributed by atoms with E-state index < -0.39 is 5.60 Å². The summed E-state index contributed by atoms with van der Waals surface area (Å²) in [5.41, 5.74) is 2.80. The van der Waals surface area contributed by atoms with Crippen molar-refractivity contribution in [1.82, 2.24) is 10.2 Å². The zero-order valence-corrected chi connectivity index (χ0v) is 12.1. The molecule has 4 heteroatoms. The third kappa shape index (κ3) is 1.99. The van der Waals surface area contributed by atoms with E-state index in [4.69, 9.17) is 0 Å². The van der Waals surface area contributed by atoms with Gasteiger partial charge in [0.05, 0.1) is 12.4 Å². The summed E-state index contributed by atoms with van der Waals surface area (Å²) in [4.78, 5) is 2.16. The molecule has 3 nitrogen and oxygen atoms in total. The molecule has 0 aromatic heterocycles. The van der Waals surface area contributed by atoms with Crippen LogP contribution in [0.15, 0.2) is 60.4 Å². The minimum atomic E-state index is -0.945. The molecule has 112 valence electrons. The lowest BCUT2D eigenvalue weighted by Gasteiger charge is -2.25. The van der Waals surface area contributed by atoms with Crippen LogP contribution in [0.25, 0.3) is 11.1 Å². The molecule has 0 spiro atoms. The van der Waals surface area contributed by atoms with Gasteiger partial charge in [0.15, 0.2) is 0 Å². The fourth-order valence-corrected chi connectivity index (χ4v) is 3.32. The van der Waals surface area contributed by atoms with E-state index in [1.54, 1.807) is 12.1 Å². The number of hydrogen-bond acceptors (Lipinski definition) is 3. The molecule has 1 atom stereocenters. The van der Waals surface area contributed by atoms with Gasteiger partial charge < -0.3 is 15.3 Å². The summed E-state index contributed by atoms with van der Waals surface area (Å²) in [5, 5.41) is 14.3. The first-order valence-electron chi connectivity index (χ1n) is 7.45. The van der Waals surface area contributed by atoms with Crippen molar-refractivity contribution < 1.29 is 9.50 Å². The fraction of sp³-hybridized carbons (Fsp3) is 0.222. The largest absolute Gasteiger partial charge is 0.379 e. The van der Waals surface area contributed by atoms with E-state index >= 15 is 0 Å². The second kappa shape index (κ2) is 4.85. The van der Waals surface area contributed by atoms with Gasteiger partial charge in [0, 0.05) is 19.2 Å². The number of nitrogens with zero attached hydrogens (tertiary/aromatic N) is 1. The maximum Gasteiger partial charge on any atom is 0.132 e. The first-order chi connectivity index (χ1) is 10.7. The van der Waals surface area contributed by atoms with Gasteiger partial charge in [0.1, 0.15) is 11.4 Å². The van der Waals surface area contributed by atoms with Crippen LogP contribution >= 0.6 is 0 Å². The highest BCUT2D eigenvalue weighted by atomic mass is 19.1. The minimum Gasteiger partial charge on any atom is -0.379 e.